The fraction of sp³-hybridized carbons (Fsp3) is 0.286. The second-order valence-electron chi connectivity index (χ2n) is 3.72. The van der Waals surface area contributed by atoms with Crippen molar-refractivity contribution in [2.24, 2.45) is 0 Å². The molecule has 0 saturated carbocycles. The predicted molar refractivity (Wildman–Crippen MR) is 71.1 cm³/mol. The average molecular weight is 246 g/mol. The van der Waals surface area contributed by atoms with E-state index in [9.17, 15) is 0 Å². The van der Waals surface area contributed by atoms with Gasteiger partial charge in [-0.05, 0) is 31.5 Å². The minimum atomic E-state index is 0.676. The molecule has 0 aliphatic carbocycles. The minimum Gasteiger partial charge on any atom is -0.495 e. The van der Waals surface area contributed by atoms with Gasteiger partial charge in [-0.3, -0.25) is 4.98 Å². The summed E-state index contributed by atoms with van der Waals surface area (Å²) < 4.78 is 9.82. The van der Waals surface area contributed by atoms with Gasteiger partial charge in [-0.2, -0.15) is 0 Å². The van der Waals surface area contributed by atoms with Gasteiger partial charge in [0.15, 0.2) is 0 Å². The monoisotopic (exact) mass is 246 g/mol. The standard InChI is InChI=1S/2C7H9NO/c1-6-3-7(9-2)5-8-4-6;1-6-4-3-5-7(8-6)9-2/h2*3-5H,1-2H3. The average Bonchev–Trinajstić information content (AvgIpc) is 2.39. The summed E-state index contributed by atoms with van der Waals surface area (Å²) >= 11 is 0. The van der Waals surface area contributed by atoms with Crippen molar-refractivity contribution in [3.8, 4) is 11.6 Å². The first-order chi connectivity index (χ1) is 8.65. The van der Waals surface area contributed by atoms with Crippen molar-refractivity contribution in [2.75, 3.05) is 14.2 Å². The van der Waals surface area contributed by atoms with Crippen LogP contribution in [-0.4, -0.2) is 24.2 Å². The third-order valence-corrected chi connectivity index (χ3v) is 2.16. The van der Waals surface area contributed by atoms with Gasteiger partial charge in [0, 0.05) is 18.0 Å². The van der Waals surface area contributed by atoms with Crippen LogP contribution in [0.2, 0.25) is 0 Å². The van der Waals surface area contributed by atoms with Crippen molar-refractivity contribution in [1.29, 1.82) is 0 Å². The van der Waals surface area contributed by atoms with Crippen LogP contribution < -0.4 is 9.47 Å². The fourth-order valence-corrected chi connectivity index (χ4v) is 1.27. The highest BCUT2D eigenvalue weighted by Gasteiger charge is 1.89. The number of hydrogen-bond acceptors (Lipinski definition) is 4. The number of nitrogens with zero attached hydrogens (tertiary/aromatic N) is 2. The Balaban J connectivity index is 0.000000180. The number of rotatable bonds is 2. The zero-order chi connectivity index (χ0) is 13.4. The molecule has 0 N–H and O–H groups in total. The summed E-state index contributed by atoms with van der Waals surface area (Å²) in [5, 5.41) is 0. The molecule has 2 rings (SSSR count). The molecular formula is C14H18N2O2. The lowest BCUT2D eigenvalue weighted by Crippen LogP contribution is -1.87. The Morgan fingerprint density at radius 1 is 1.00 bits per heavy atom. The maximum Gasteiger partial charge on any atom is 0.213 e. The molecule has 4 nitrogen and oxygen atoms in total. The van der Waals surface area contributed by atoms with E-state index in [4.69, 9.17) is 9.47 Å². The summed E-state index contributed by atoms with van der Waals surface area (Å²) in [7, 11) is 3.25. The second kappa shape index (κ2) is 7.27. The summed E-state index contributed by atoms with van der Waals surface area (Å²) in [6.07, 6.45) is 3.48. The van der Waals surface area contributed by atoms with Gasteiger partial charge in [-0.25, -0.2) is 4.98 Å². The number of hydrogen-bond donors (Lipinski definition) is 0. The van der Waals surface area contributed by atoms with E-state index in [2.05, 4.69) is 9.97 Å². The Bertz CT molecular complexity index is 441. The highest BCUT2D eigenvalue weighted by atomic mass is 16.5. The number of aryl methyl sites for hydroxylation is 2. The first-order valence-corrected chi connectivity index (χ1v) is 5.59. The van der Waals surface area contributed by atoms with Gasteiger partial charge >= 0.3 is 0 Å². The van der Waals surface area contributed by atoms with Crippen molar-refractivity contribution in [2.45, 2.75) is 13.8 Å². The summed E-state index contributed by atoms with van der Waals surface area (Å²) in [5.41, 5.74) is 2.10. The lowest BCUT2D eigenvalue weighted by molar-refractivity contribution is 0.397. The Hall–Kier alpha value is -2.10. The quantitative estimate of drug-likeness (QED) is 0.817. The molecule has 0 aliphatic heterocycles. The molecule has 0 spiro atoms. The van der Waals surface area contributed by atoms with Crippen molar-refractivity contribution in [3.63, 3.8) is 0 Å². The van der Waals surface area contributed by atoms with E-state index in [1.807, 2.05) is 38.1 Å². The molecule has 0 aliphatic rings. The van der Waals surface area contributed by atoms with Gasteiger partial charge in [0.1, 0.15) is 5.75 Å². The molecule has 0 aromatic carbocycles. The van der Waals surface area contributed by atoms with E-state index in [0.717, 1.165) is 17.0 Å². The highest BCUT2D eigenvalue weighted by Crippen LogP contribution is 2.08. The van der Waals surface area contributed by atoms with Gasteiger partial charge in [-0.15, -0.1) is 0 Å². The van der Waals surface area contributed by atoms with Crippen molar-refractivity contribution in [1.82, 2.24) is 9.97 Å². The Labute approximate surface area is 108 Å². The fourth-order valence-electron chi connectivity index (χ4n) is 1.27. The van der Waals surface area contributed by atoms with Gasteiger partial charge in [-0.1, -0.05) is 6.07 Å². The lowest BCUT2D eigenvalue weighted by Gasteiger charge is -1.97. The topological polar surface area (TPSA) is 44.2 Å². The smallest absolute Gasteiger partial charge is 0.213 e. The predicted octanol–water partition coefficient (Wildman–Crippen LogP) is 2.80. The van der Waals surface area contributed by atoms with Gasteiger partial charge < -0.3 is 9.47 Å². The van der Waals surface area contributed by atoms with Crippen LogP contribution in [0.3, 0.4) is 0 Å². The van der Waals surface area contributed by atoms with Crippen LogP contribution in [0, 0.1) is 13.8 Å². The normalized spacial score (nSPS) is 9.11. The van der Waals surface area contributed by atoms with E-state index in [0.29, 0.717) is 5.88 Å². The molecule has 0 unspecified atom stereocenters. The molecule has 2 aromatic rings. The molecule has 4 heteroatoms. The minimum absolute atomic E-state index is 0.676. The van der Waals surface area contributed by atoms with E-state index in [1.54, 1.807) is 26.6 Å². The molecule has 0 bridgehead atoms. The van der Waals surface area contributed by atoms with Crippen LogP contribution in [0.4, 0.5) is 0 Å². The van der Waals surface area contributed by atoms with Crippen molar-refractivity contribution >= 4 is 0 Å². The van der Waals surface area contributed by atoms with E-state index in [-0.39, 0.29) is 0 Å². The number of methoxy groups -OCH3 is 2. The number of ether oxygens (including phenoxy) is 2. The van der Waals surface area contributed by atoms with Crippen LogP contribution in [0.15, 0.2) is 36.7 Å². The number of aromatic nitrogens is 2. The zero-order valence-electron chi connectivity index (χ0n) is 11.2. The molecule has 0 amide bonds. The van der Waals surface area contributed by atoms with Crippen LogP contribution in [0.5, 0.6) is 11.6 Å². The molecule has 2 aromatic heterocycles. The zero-order valence-corrected chi connectivity index (χ0v) is 11.2. The number of pyridine rings is 2. The molecule has 0 radical (unpaired) electrons. The molecule has 18 heavy (non-hydrogen) atoms. The van der Waals surface area contributed by atoms with E-state index < -0.39 is 0 Å². The maximum atomic E-state index is 4.93. The molecule has 0 saturated heterocycles. The van der Waals surface area contributed by atoms with Crippen LogP contribution in [0.25, 0.3) is 0 Å². The molecule has 2 heterocycles. The van der Waals surface area contributed by atoms with Gasteiger partial charge in [0.2, 0.25) is 5.88 Å². The maximum absolute atomic E-state index is 4.93. The highest BCUT2D eigenvalue weighted by molar-refractivity contribution is 5.21. The first-order valence-electron chi connectivity index (χ1n) is 5.59. The Morgan fingerprint density at radius 3 is 2.22 bits per heavy atom. The van der Waals surface area contributed by atoms with Crippen molar-refractivity contribution < 1.29 is 9.47 Å². The summed E-state index contributed by atoms with van der Waals surface area (Å²) in [5.74, 6) is 1.49. The molecular weight excluding hydrogens is 228 g/mol. The third kappa shape index (κ3) is 4.82. The Morgan fingerprint density at radius 2 is 1.78 bits per heavy atom. The van der Waals surface area contributed by atoms with Crippen molar-refractivity contribution in [3.05, 3.63) is 47.9 Å². The molecule has 96 valence electrons. The summed E-state index contributed by atoms with van der Waals surface area (Å²) in [4.78, 5) is 8.00. The van der Waals surface area contributed by atoms with Gasteiger partial charge in [0.25, 0.3) is 0 Å². The summed E-state index contributed by atoms with van der Waals surface area (Å²) in [6, 6.07) is 7.61. The molecule has 0 atom stereocenters. The van der Waals surface area contributed by atoms with Gasteiger partial charge in [0.05, 0.1) is 20.4 Å². The SMILES string of the molecule is COc1cccc(C)n1.COc1cncc(C)c1. The molecule has 0 fully saturated rings. The second-order valence-corrected chi connectivity index (χ2v) is 3.72. The largest absolute Gasteiger partial charge is 0.495 e. The van der Waals surface area contributed by atoms with Crippen LogP contribution >= 0.6 is 0 Å². The Kier molecular flexibility index (Phi) is 5.64. The first kappa shape index (κ1) is 14.0. The van der Waals surface area contributed by atoms with Crippen LogP contribution in [-0.2, 0) is 0 Å². The third-order valence-electron chi connectivity index (χ3n) is 2.16. The van der Waals surface area contributed by atoms with E-state index >= 15 is 0 Å². The van der Waals surface area contributed by atoms with E-state index in [1.165, 1.54) is 0 Å². The van der Waals surface area contributed by atoms with Crippen LogP contribution in [0.1, 0.15) is 11.3 Å². The summed E-state index contributed by atoms with van der Waals surface area (Å²) in [6.45, 7) is 3.91. The lowest BCUT2D eigenvalue weighted by atomic mass is 10.3.